The van der Waals surface area contributed by atoms with Gasteiger partial charge in [0.15, 0.2) is 0 Å². The van der Waals surface area contributed by atoms with E-state index in [1.807, 2.05) is 6.26 Å². The van der Waals surface area contributed by atoms with E-state index >= 15 is 0 Å². The summed E-state index contributed by atoms with van der Waals surface area (Å²) >= 11 is 1.53. The molecule has 0 heterocycles. The maximum Gasteiger partial charge on any atom is 0.319 e. The summed E-state index contributed by atoms with van der Waals surface area (Å²) in [6, 6.07) is 5.32. The van der Waals surface area contributed by atoms with Crippen molar-refractivity contribution in [2.75, 3.05) is 34.9 Å². The van der Waals surface area contributed by atoms with Gasteiger partial charge in [-0.25, -0.2) is 17.9 Å². The molecule has 0 aliphatic rings. The van der Waals surface area contributed by atoms with Gasteiger partial charge in [0.1, 0.15) is 6.04 Å². The maximum absolute atomic E-state index is 12.5. The zero-order chi connectivity index (χ0) is 20.3. The van der Waals surface area contributed by atoms with Crippen molar-refractivity contribution in [1.82, 2.24) is 10.0 Å². The van der Waals surface area contributed by atoms with E-state index in [-0.39, 0.29) is 11.8 Å². The molecule has 0 aromatic heterocycles. The Morgan fingerprint density at radius 1 is 1.19 bits per heavy atom. The normalized spacial score (nSPS) is 12.1. The largest absolute Gasteiger partial charge is 0.334 e. The van der Waals surface area contributed by atoms with Crippen molar-refractivity contribution in [3.05, 3.63) is 36.9 Å². The number of sulfonamides is 1. The molecule has 0 aliphatic carbocycles. The molecule has 0 spiro atoms. The van der Waals surface area contributed by atoms with Gasteiger partial charge in [-0.15, -0.1) is 6.58 Å². The second-order valence-corrected chi connectivity index (χ2v) is 8.57. The molecule has 1 aromatic carbocycles. The van der Waals surface area contributed by atoms with Crippen molar-refractivity contribution >= 4 is 45.1 Å². The first kappa shape index (κ1) is 23.0. The summed E-state index contributed by atoms with van der Waals surface area (Å²) in [5.41, 5.74) is 1.06. The Morgan fingerprint density at radius 3 is 2.30 bits per heavy atom. The molecule has 150 valence electrons. The predicted molar refractivity (Wildman–Crippen MR) is 112 cm³/mol. The van der Waals surface area contributed by atoms with Crippen molar-refractivity contribution in [3.63, 3.8) is 0 Å². The molecule has 1 unspecified atom stereocenters. The number of thioether (sulfide) groups is 1. The van der Waals surface area contributed by atoms with E-state index in [4.69, 9.17) is 0 Å². The van der Waals surface area contributed by atoms with Gasteiger partial charge in [0.2, 0.25) is 15.9 Å². The molecule has 0 saturated carbocycles. The van der Waals surface area contributed by atoms with Crippen molar-refractivity contribution in [2.45, 2.75) is 19.4 Å². The third kappa shape index (κ3) is 8.94. The van der Waals surface area contributed by atoms with Crippen LogP contribution in [0.25, 0.3) is 0 Å². The Morgan fingerprint density at radius 2 is 1.78 bits per heavy atom. The fourth-order valence-electron chi connectivity index (χ4n) is 1.99. The van der Waals surface area contributed by atoms with Crippen LogP contribution in [-0.2, 0) is 14.8 Å². The summed E-state index contributed by atoms with van der Waals surface area (Å²) in [6.07, 6.45) is 3.84. The van der Waals surface area contributed by atoms with Crippen molar-refractivity contribution < 1.29 is 18.0 Å². The van der Waals surface area contributed by atoms with Gasteiger partial charge >= 0.3 is 6.03 Å². The molecule has 1 aromatic rings. The van der Waals surface area contributed by atoms with Crippen LogP contribution in [-0.4, -0.2) is 50.7 Å². The summed E-state index contributed by atoms with van der Waals surface area (Å²) < 4.78 is 26.0. The third-order valence-corrected chi connectivity index (χ3v) is 5.49. The van der Waals surface area contributed by atoms with Gasteiger partial charge in [0, 0.05) is 17.9 Å². The van der Waals surface area contributed by atoms with E-state index < -0.39 is 22.0 Å². The number of amides is 3. The summed E-state index contributed by atoms with van der Waals surface area (Å²) in [7, 11) is -3.50. The Balaban J connectivity index is 2.71. The average Bonchev–Trinajstić information content (AvgIpc) is 2.64. The second kappa shape index (κ2) is 11.6. The van der Waals surface area contributed by atoms with Crippen LogP contribution < -0.4 is 20.7 Å². The Bertz CT molecular complexity index is 736. The molecule has 1 atom stereocenters. The molecular weight excluding hydrogens is 388 g/mol. The number of hydrogen-bond donors (Lipinski definition) is 4. The number of carbonyl (C=O) groups is 2. The summed E-state index contributed by atoms with van der Waals surface area (Å²) in [5, 5.41) is 7.92. The number of hydrogen-bond acceptors (Lipinski definition) is 5. The Kier molecular flexibility index (Phi) is 9.90. The zero-order valence-electron chi connectivity index (χ0n) is 15.4. The molecule has 3 amide bonds. The smallest absolute Gasteiger partial charge is 0.319 e. The van der Waals surface area contributed by atoms with Gasteiger partial charge < -0.3 is 16.0 Å². The van der Waals surface area contributed by atoms with Crippen LogP contribution in [0.3, 0.4) is 0 Å². The van der Waals surface area contributed by atoms with Crippen LogP contribution in [0.5, 0.6) is 0 Å². The highest BCUT2D eigenvalue weighted by molar-refractivity contribution is 7.98. The molecule has 0 bridgehead atoms. The number of benzene rings is 1. The van der Waals surface area contributed by atoms with E-state index in [1.54, 1.807) is 30.3 Å². The number of carbonyl (C=O) groups excluding carboxylic acids is 2. The second-order valence-electron chi connectivity index (χ2n) is 5.55. The van der Waals surface area contributed by atoms with Crippen LogP contribution in [0, 0.1) is 0 Å². The third-order valence-electron chi connectivity index (χ3n) is 3.45. The first-order valence-corrected chi connectivity index (χ1v) is 11.4. The summed E-state index contributed by atoms with van der Waals surface area (Å²) in [6.45, 7) is 5.38. The van der Waals surface area contributed by atoms with Crippen LogP contribution in [0.1, 0.15) is 13.3 Å². The molecule has 27 heavy (non-hydrogen) atoms. The van der Waals surface area contributed by atoms with Gasteiger partial charge in [0.05, 0.1) is 5.75 Å². The fraction of sp³-hybridized carbons (Fsp3) is 0.412. The lowest BCUT2D eigenvalue weighted by Gasteiger charge is -2.18. The van der Waals surface area contributed by atoms with E-state index in [2.05, 4.69) is 27.3 Å². The number of rotatable bonds is 11. The van der Waals surface area contributed by atoms with Crippen molar-refractivity contribution in [1.29, 1.82) is 0 Å². The van der Waals surface area contributed by atoms with Gasteiger partial charge in [-0.3, -0.25) is 4.79 Å². The highest BCUT2D eigenvalue weighted by Gasteiger charge is 2.23. The highest BCUT2D eigenvalue weighted by Crippen LogP contribution is 2.14. The molecule has 0 fully saturated rings. The van der Waals surface area contributed by atoms with Crippen LogP contribution in [0.4, 0.5) is 16.2 Å². The van der Waals surface area contributed by atoms with Gasteiger partial charge in [0.25, 0.3) is 0 Å². The molecule has 4 N–H and O–H groups in total. The lowest BCUT2D eigenvalue weighted by Crippen LogP contribution is -2.44. The standard InChI is InChI=1S/C17H26N4O4S2/c1-4-11-18-17(23)20-14-8-6-13(7-9-14)19-16(22)15(10-12-26-3)21-27(24,25)5-2/h4,6-9,15,21H,1,5,10-12H2,2-3H3,(H,19,22)(H2,18,20,23). The van der Waals surface area contributed by atoms with Gasteiger partial charge in [-0.2, -0.15) is 11.8 Å². The van der Waals surface area contributed by atoms with E-state index in [1.165, 1.54) is 18.7 Å². The minimum absolute atomic E-state index is 0.0929. The predicted octanol–water partition coefficient (Wildman–Crippen LogP) is 1.99. The van der Waals surface area contributed by atoms with E-state index in [0.29, 0.717) is 30.1 Å². The van der Waals surface area contributed by atoms with Crippen LogP contribution in [0.2, 0.25) is 0 Å². The summed E-state index contributed by atoms with van der Waals surface area (Å²) in [5.74, 6) is 0.127. The number of anilines is 2. The van der Waals surface area contributed by atoms with E-state index in [9.17, 15) is 18.0 Å². The molecule has 1 rings (SSSR count). The Hall–Kier alpha value is -2.04. The Labute approximate surface area is 164 Å². The highest BCUT2D eigenvalue weighted by atomic mass is 32.2. The van der Waals surface area contributed by atoms with Gasteiger partial charge in [-0.05, 0) is 49.6 Å². The monoisotopic (exact) mass is 414 g/mol. The molecule has 0 radical (unpaired) electrons. The minimum Gasteiger partial charge on any atom is -0.334 e. The lowest BCUT2D eigenvalue weighted by molar-refractivity contribution is -0.117. The molecule has 0 aliphatic heterocycles. The van der Waals surface area contributed by atoms with Crippen LogP contribution >= 0.6 is 11.8 Å². The van der Waals surface area contributed by atoms with Crippen molar-refractivity contribution in [2.24, 2.45) is 0 Å². The minimum atomic E-state index is -3.50. The SMILES string of the molecule is C=CCNC(=O)Nc1ccc(NC(=O)C(CCSC)NS(=O)(=O)CC)cc1. The topological polar surface area (TPSA) is 116 Å². The van der Waals surface area contributed by atoms with Gasteiger partial charge in [-0.1, -0.05) is 6.08 Å². The zero-order valence-corrected chi connectivity index (χ0v) is 17.1. The lowest BCUT2D eigenvalue weighted by atomic mass is 10.2. The number of urea groups is 1. The molecule has 10 heteroatoms. The average molecular weight is 415 g/mol. The molecule has 0 saturated heterocycles. The van der Waals surface area contributed by atoms with E-state index in [0.717, 1.165) is 0 Å². The maximum atomic E-state index is 12.5. The first-order chi connectivity index (χ1) is 12.8. The molecular formula is C17H26N4O4S2. The van der Waals surface area contributed by atoms with Crippen molar-refractivity contribution in [3.8, 4) is 0 Å². The number of nitrogens with one attached hydrogen (secondary N) is 4. The fourth-order valence-corrected chi connectivity index (χ4v) is 3.28. The first-order valence-electron chi connectivity index (χ1n) is 8.37. The quantitative estimate of drug-likeness (QED) is 0.413. The molecule has 8 nitrogen and oxygen atoms in total. The van der Waals surface area contributed by atoms with Crippen LogP contribution in [0.15, 0.2) is 36.9 Å². The summed E-state index contributed by atoms with van der Waals surface area (Å²) in [4.78, 5) is 24.0.